The van der Waals surface area contributed by atoms with Crippen molar-refractivity contribution >= 4 is 11.8 Å². The first-order chi connectivity index (χ1) is 17.1. The molecule has 3 heterocycles. The average molecular weight is 475 g/mol. The van der Waals surface area contributed by atoms with E-state index in [1.807, 2.05) is 48.5 Å². The van der Waals surface area contributed by atoms with E-state index in [1.165, 1.54) is 0 Å². The van der Waals surface area contributed by atoms with Crippen molar-refractivity contribution in [2.75, 3.05) is 40.0 Å². The monoisotopic (exact) mass is 474 g/mol. The number of nitrogens with zero attached hydrogens (tertiary/aromatic N) is 2. The van der Waals surface area contributed by atoms with Gasteiger partial charge in [0.15, 0.2) is 0 Å². The summed E-state index contributed by atoms with van der Waals surface area (Å²) in [6, 6.07) is 15.2. The molecule has 3 aliphatic rings. The van der Waals surface area contributed by atoms with Gasteiger partial charge in [-0.05, 0) is 54.8 Å². The average Bonchev–Trinajstić information content (AvgIpc) is 2.89. The number of rotatable bonds is 4. The van der Waals surface area contributed by atoms with Crippen LogP contribution in [0.3, 0.4) is 0 Å². The number of ether oxygens (including phenoxy) is 2. The molecule has 0 radical (unpaired) electrons. The Labute approximate surface area is 205 Å². The molecule has 5 rings (SSSR count). The van der Waals surface area contributed by atoms with Gasteiger partial charge in [-0.1, -0.05) is 24.0 Å². The van der Waals surface area contributed by atoms with Gasteiger partial charge in [-0.15, -0.1) is 0 Å². The van der Waals surface area contributed by atoms with Crippen molar-refractivity contribution < 1.29 is 24.2 Å². The minimum atomic E-state index is -0.260. The molecule has 0 spiro atoms. The first-order valence-electron chi connectivity index (χ1n) is 12.1. The smallest absolute Gasteiger partial charge is 0.242 e. The lowest BCUT2D eigenvalue weighted by molar-refractivity contribution is -0.169. The van der Waals surface area contributed by atoms with Crippen molar-refractivity contribution in [2.45, 2.75) is 30.8 Å². The molecule has 0 aliphatic carbocycles. The maximum absolute atomic E-state index is 13.1. The van der Waals surface area contributed by atoms with Gasteiger partial charge in [0.1, 0.15) is 5.75 Å². The van der Waals surface area contributed by atoms with Gasteiger partial charge in [0.05, 0.1) is 32.3 Å². The topological polar surface area (TPSA) is 79.3 Å². The fraction of sp³-hybridized carbons (Fsp3) is 0.429. The lowest BCUT2D eigenvalue weighted by Gasteiger charge is -2.59. The normalized spacial score (nSPS) is 24.2. The van der Waals surface area contributed by atoms with E-state index in [4.69, 9.17) is 9.47 Å². The number of aliphatic hydroxyl groups is 1. The molecule has 0 saturated carbocycles. The Bertz CT molecular complexity index is 1130. The van der Waals surface area contributed by atoms with Crippen molar-refractivity contribution in [1.29, 1.82) is 0 Å². The predicted molar refractivity (Wildman–Crippen MR) is 130 cm³/mol. The van der Waals surface area contributed by atoms with Crippen LogP contribution in [-0.4, -0.2) is 78.8 Å². The van der Waals surface area contributed by atoms with E-state index in [9.17, 15) is 14.7 Å². The highest BCUT2D eigenvalue weighted by atomic mass is 16.5. The number of piperazine rings is 1. The molecule has 1 N–H and O–H groups in total. The fourth-order valence-electron chi connectivity index (χ4n) is 5.48. The summed E-state index contributed by atoms with van der Waals surface area (Å²) in [6.45, 7) is 1.69. The second kappa shape index (κ2) is 10.1. The van der Waals surface area contributed by atoms with Crippen LogP contribution in [0.4, 0.5) is 0 Å². The van der Waals surface area contributed by atoms with Gasteiger partial charge in [-0.2, -0.15) is 0 Å². The minimum Gasteiger partial charge on any atom is -0.497 e. The highest BCUT2D eigenvalue weighted by Crippen LogP contribution is 2.43. The maximum atomic E-state index is 13.1. The van der Waals surface area contributed by atoms with Crippen molar-refractivity contribution in [3.63, 3.8) is 0 Å². The minimum absolute atomic E-state index is 0.0159. The van der Waals surface area contributed by atoms with Crippen molar-refractivity contribution in [2.24, 2.45) is 5.92 Å². The molecule has 3 atom stereocenters. The Morgan fingerprint density at radius 1 is 1.06 bits per heavy atom. The summed E-state index contributed by atoms with van der Waals surface area (Å²) in [7, 11) is 1.63. The number of amides is 2. The van der Waals surface area contributed by atoms with E-state index in [1.54, 1.807) is 16.9 Å². The fourth-order valence-corrected chi connectivity index (χ4v) is 5.48. The Morgan fingerprint density at radius 3 is 2.29 bits per heavy atom. The molecule has 2 amide bonds. The Balaban J connectivity index is 1.30. The Hall–Kier alpha value is -3.34. The molecule has 3 aliphatic heterocycles. The summed E-state index contributed by atoms with van der Waals surface area (Å²) in [5, 5.41) is 10.0. The number of hydrogen-bond donors (Lipinski definition) is 1. The van der Waals surface area contributed by atoms with E-state index in [0.29, 0.717) is 32.6 Å². The summed E-state index contributed by atoms with van der Waals surface area (Å²) < 4.78 is 10.6. The van der Waals surface area contributed by atoms with Crippen LogP contribution in [0.25, 0.3) is 0 Å². The van der Waals surface area contributed by atoms with E-state index in [0.717, 1.165) is 22.4 Å². The Kier molecular flexibility index (Phi) is 6.76. The third-order valence-electron chi connectivity index (χ3n) is 7.37. The highest BCUT2D eigenvalue weighted by molar-refractivity contribution is 5.88. The zero-order chi connectivity index (χ0) is 24.4. The van der Waals surface area contributed by atoms with Crippen molar-refractivity contribution in [3.05, 3.63) is 65.2 Å². The van der Waals surface area contributed by atoms with Crippen LogP contribution in [0.2, 0.25) is 0 Å². The van der Waals surface area contributed by atoms with Gasteiger partial charge in [0.2, 0.25) is 11.8 Å². The quantitative estimate of drug-likeness (QED) is 0.686. The summed E-state index contributed by atoms with van der Waals surface area (Å²) >= 11 is 0. The summed E-state index contributed by atoms with van der Waals surface area (Å²) in [6.07, 6.45) is 1.42. The number of methoxy groups -OCH3 is 1. The SMILES string of the molecule is COc1ccc(C#Cc2ccc([C@H]3[C@@H](CO)N4C(=O)CN(C(=O)C5CCOCC5)C[C@H]34)cc2)cc1. The van der Waals surface area contributed by atoms with E-state index in [2.05, 4.69) is 11.8 Å². The number of hydrogen-bond acceptors (Lipinski definition) is 5. The number of carbonyl (C=O) groups is 2. The molecule has 0 unspecified atom stereocenters. The molecule has 182 valence electrons. The molecule has 0 aromatic heterocycles. The van der Waals surface area contributed by atoms with Crippen molar-refractivity contribution in [3.8, 4) is 17.6 Å². The van der Waals surface area contributed by atoms with Crippen LogP contribution in [0.5, 0.6) is 5.75 Å². The van der Waals surface area contributed by atoms with Crippen LogP contribution in [0.15, 0.2) is 48.5 Å². The zero-order valence-corrected chi connectivity index (χ0v) is 19.9. The lowest BCUT2D eigenvalue weighted by Crippen LogP contribution is -2.73. The van der Waals surface area contributed by atoms with Gasteiger partial charge >= 0.3 is 0 Å². The summed E-state index contributed by atoms with van der Waals surface area (Å²) in [4.78, 5) is 29.4. The molecule has 0 bridgehead atoms. The number of fused-ring (bicyclic) bond motifs is 1. The first kappa shape index (κ1) is 23.4. The molecule has 35 heavy (non-hydrogen) atoms. The van der Waals surface area contributed by atoms with Gasteiger partial charge < -0.3 is 24.4 Å². The standard InChI is InChI=1S/C28H30N2O5/c1-34-23-10-6-20(7-11-23)3-2-19-4-8-21(9-5-19)27-24-16-29(17-26(32)30(24)25(27)18-31)28(33)22-12-14-35-15-13-22/h4-11,22,24-25,27,31H,12-18H2,1H3/t24-,25-,27-/m1/s1. The molecule has 2 aromatic rings. The number of benzene rings is 2. The van der Waals surface area contributed by atoms with Crippen LogP contribution >= 0.6 is 0 Å². The maximum Gasteiger partial charge on any atom is 0.242 e. The number of carbonyl (C=O) groups excluding carboxylic acids is 2. The van der Waals surface area contributed by atoms with Gasteiger partial charge in [-0.3, -0.25) is 9.59 Å². The molecule has 2 aromatic carbocycles. The summed E-state index contributed by atoms with van der Waals surface area (Å²) in [5.41, 5.74) is 2.84. The van der Waals surface area contributed by atoms with Crippen LogP contribution < -0.4 is 4.74 Å². The largest absolute Gasteiger partial charge is 0.497 e. The van der Waals surface area contributed by atoms with E-state index in [-0.39, 0.29) is 48.9 Å². The molecular weight excluding hydrogens is 444 g/mol. The second-order valence-corrected chi connectivity index (χ2v) is 9.35. The van der Waals surface area contributed by atoms with Crippen molar-refractivity contribution in [1.82, 2.24) is 9.80 Å². The lowest BCUT2D eigenvalue weighted by atomic mass is 9.73. The van der Waals surface area contributed by atoms with Crippen LogP contribution in [0.1, 0.15) is 35.4 Å². The predicted octanol–water partition coefficient (Wildman–Crippen LogP) is 2.02. The van der Waals surface area contributed by atoms with Crippen LogP contribution in [-0.2, 0) is 14.3 Å². The first-order valence-corrected chi connectivity index (χ1v) is 12.1. The van der Waals surface area contributed by atoms with Gasteiger partial charge in [0, 0.05) is 42.7 Å². The molecule has 7 nitrogen and oxygen atoms in total. The number of aliphatic hydroxyl groups excluding tert-OH is 1. The molecule has 3 fully saturated rings. The third kappa shape index (κ3) is 4.64. The van der Waals surface area contributed by atoms with Gasteiger partial charge in [-0.25, -0.2) is 0 Å². The second-order valence-electron chi connectivity index (χ2n) is 9.35. The highest BCUT2D eigenvalue weighted by Gasteiger charge is 2.54. The molecule has 7 heteroatoms. The Morgan fingerprint density at radius 2 is 1.69 bits per heavy atom. The van der Waals surface area contributed by atoms with Gasteiger partial charge in [0.25, 0.3) is 0 Å². The van der Waals surface area contributed by atoms with E-state index < -0.39 is 0 Å². The van der Waals surface area contributed by atoms with Crippen LogP contribution in [0, 0.1) is 17.8 Å². The molecular formula is C28H30N2O5. The zero-order valence-electron chi connectivity index (χ0n) is 19.9. The van der Waals surface area contributed by atoms with E-state index >= 15 is 0 Å². The third-order valence-corrected chi connectivity index (χ3v) is 7.37. The molecule has 3 saturated heterocycles. The summed E-state index contributed by atoms with van der Waals surface area (Å²) in [5.74, 6) is 7.01.